The van der Waals surface area contributed by atoms with Crippen LogP contribution in [0.15, 0.2) is 66.7 Å². The molecular weight excluding hydrogens is 395 g/mol. The normalized spacial score (nSPS) is 12.5. The summed E-state index contributed by atoms with van der Waals surface area (Å²) in [4.78, 5) is 23.6. The smallest absolute Gasteiger partial charge is 0.416 e. The van der Waals surface area contributed by atoms with E-state index in [4.69, 9.17) is 0 Å². The summed E-state index contributed by atoms with van der Waals surface area (Å²) >= 11 is 0. The van der Waals surface area contributed by atoms with Gasteiger partial charge >= 0.3 is 12.1 Å². The summed E-state index contributed by atoms with van der Waals surface area (Å²) in [6.07, 6.45) is -4.75. The number of alkyl halides is 3. The van der Waals surface area contributed by atoms with Crippen molar-refractivity contribution < 1.29 is 27.9 Å². The molecule has 1 amide bonds. The van der Waals surface area contributed by atoms with Gasteiger partial charge in [0, 0.05) is 6.04 Å². The van der Waals surface area contributed by atoms with Gasteiger partial charge in [0.15, 0.2) is 0 Å². The number of carboxylic acids is 1. The van der Waals surface area contributed by atoms with Crippen LogP contribution in [0.3, 0.4) is 0 Å². The molecular formula is C23H20F3NO3. The highest BCUT2D eigenvalue weighted by atomic mass is 19.4. The van der Waals surface area contributed by atoms with Crippen LogP contribution >= 0.6 is 0 Å². The molecule has 0 saturated carbocycles. The Balaban J connectivity index is 1.71. The maximum Gasteiger partial charge on any atom is 0.416 e. The number of hydrogen-bond acceptors (Lipinski definition) is 2. The number of aliphatic carboxylic acids is 1. The SMILES string of the molecule is O=C(O)C[C@H](Cc1ccc2ccccc2c1)NC(=O)Cc1cccc(C(F)(F)F)c1. The van der Waals surface area contributed by atoms with Crippen LogP contribution in [0.5, 0.6) is 0 Å². The predicted molar refractivity (Wildman–Crippen MR) is 107 cm³/mol. The molecule has 0 spiro atoms. The lowest BCUT2D eigenvalue weighted by Gasteiger charge is -2.18. The van der Waals surface area contributed by atoms with Crippen molar-refractivity contribution in [3.05, 3.63) is 83.4 Å². The molecule has 0 fully saturated rings. The highest BCUT2D eigenvalue weighted by Gasteiger charge is 2.30. The number of benzene rings is 3. The van der Waals surface area contributed by atoms with Crippen LogP contribution in [0.2, 0.25) is 0 Å². The topological polar surface area (TPSA) is 66.4 Å². The average Bonchev–Trinajstić information content (AvgIpc) is 2.67. The predicted octanol–water partition coefficient (Wildman–Crippen LogP) is 4.60. The third kappa shape index (κ3) is 5.83. The van der Waals surface area contributed by atoms with Gasteiger partial charge in [-0.15, -0.1) is 0 Å². The number of nitrogens with one attached hydrogen (secondary N) is 1. The molecule has 4 nitrogen and oxygen atoms in total. The molecule has 3 rings (SSSR count). The molecule has 7 heteroatoms. The van der Waals surface area contributed by atoms with E-state index in [0.717, 1.165) is 28.5 Å². The zero-order valence-electron chi connectivity index (χ0n) is 15.9. The van der Waals surface area contributed by atoms with Crippen LogP contribution in [-0.4, -0.2) is 23.0 Å². The fraction of sp³-hybridized carbons (Fsp3) is 0.217. The Kier molecular flexibility index (Phi) is 6.40. The molecule has 30 heavy (non-hydrogen) atoms. The summed E-state index contributed by atoms with van der Waals surface area (Å²) in [6, 6.07) is 17.3. The maximum absolute atomic E-state index is 12.8. The molecule has 2 N–H and O–H groups in total. The van der Waals surface area contributed by atoms with E-state index in [1.807, 2.05) is 42.5 Å². The van der Waals surface area contributed by atoms with E-state index in [9.17, 15) is 27.9 Å². The van der Waals surface area contributed by atoms with Crippen molar-refractivity contribution in [1.29, 1.82) is 0 Å². The van der Waals surface area contributed by atoms with Gasteiger partial charge in [0.1, 0.15) is 0 Å². The van der Waals surface area contributed by atoms with E-state index in [2.05, 4.69) is 5.32 Å². The summed E-state index contributed by atoms with van der Waals surface area (Å²) in [5.74, 6) is -1.60. The number of amides is 1. The van der Waals surface area contributed by atoms with Gasteiger partial charge in [0.25, 0.3) is 0 Å². The molecule has 0 aliphatic rings. The van der Waals surface area contributed by atoms with E-state index in [1.165, 1.54) is 12.1 Å². The fourth-order valence-electron chi connectivity index (χ4n) is 3.36. The van der Waals surface area contributed by atoms with Crippen molar-refractivity contribution in [2.45, 2.75) is 31.5 Å². The summed E-state index contributed by atoms with van der Waals surface area (Å²) in [5, 5.41) is 13.9. The molecule has 0 aromatic heterocycles. The van der Waals surface area contributed by atoms with Crippen molar-refractivity contribution in [3.63, 3.8) is 0 Å². The molecule has 156 valence electrons. The number of halogens is 3. The molecule has 1 atom stereocenters. The van der Waals surface area contributed by atoms with Gasteiger partial charge in [0.2, 0.25) is 5.91 Å². The van der Waals surface area contributed by atoms with Gasteiger partial charge in [-0.25, -0.2) is 0 Å². The molecule has 0 unspecified atom stereocenters. The highest BCUT2D eigenvalue weighted by molar-refractivity contribution is 5.83. The number of fused-ring (bicyclic) bond motifs is 1. The minimum Gasteiger partial charge on any atom is -0.481 e. The van der Waals surface area contributed by atoms with Gasteiger partial charge in [-0.1, -0.05) is 60.7 Å². The molecule has 3 aromatic rings. The Morgan fingerprint density at radius 3 is 2.33 bits per heavy atom. The summed E-state index contributed by atoms with van der Waals surface area (Å²) in [5.41, 5.74) is 0.243. The number of carbonyl (C=O) groups is 2. The third-order valence-corrected chi connectivity index (χ3v) is 4.70. The quantitative estimate of drug-likeness (QED) is 0.593. The molecule has 0 bridgehead atoms. The Bertz CT molecular complexity index is 1060. The molecule has 0 aliphatic carbocycles. The van der Waals surface area contributed by atoms with Crippen LogP contribution in [0.4, 0.5) is 13.2 Å². The van der Waals surface area contributed by atoms with E-state index in [1.54, 1.807) is 0 Å². The highest BCUT2D eigenvalue weighted by Crippen LogP contribution is 2.29. The lowest BCUT2D eigenvalue weighted by atomic mass is 9.99. The second kappa shape index (κ2) is 8.98. The third-order valence-electron chi connectivity index (χ3n) is 4.70. The van der Waals surface area contributed by atoms with Crippen molar-refractivity contribution in [2.24, 2.45) is 0 Å². The number of rotatable bonds is 7. The first kappa shape index (κ1) is 21.4. The first-order valence-corrected chi connectivity index (χ1v) is 9.35. The van der Waals surface area contributed by atoms with Crippen molar-refractivity contribution in [2.75, 3.05) is 0 Å². The van der Waals surface area contributed by atoms with Crippen molar-refractivity contribution >= 4 is 22.6 Å². The van der Waals surface area contributed by atoms with Crippen LogP contribution in [0.1, 0.15) is 23.1 Å². The van der Waals surface area contributed by atoms with E-state index >= 15 is 0 Å². The number of hydrogen-bond donors (Lipinski definition) is 2. The maximum atomic E-state index is 12.8. The zero-order valence-corrected chi connectivity index (χ0v) is 15.9. The van der Waals surface area contributed by atoms with E-state index < -0.39 is 29.7 Å². The standard InChI is InChI=1S/C23H20F3NO3/c24-23(25,26)19-7-3-4-15(11-19)13-21(28)27-20(14-22(29)30)12-16-8-9-17-5-1-2-6-18(17)10-16/h1-11,20H,12-14H2,(H,27,28)(H,29,30)/t20-/m0/s1. The monoisotopic (exact) mass is 415 g/mol. The van der Waals surface area contributed by atoms with Crippen LogP contribution in [-0.2, 0) is 28.6 Å². The van der Waals surface area contributed by atoms with Crippen LogP contribution in [0.25, 0.3) is 10.8 Å². The van der Waals surface area contributed by atoms with Crippen LogP contribution in [0, 0.1) is 0 Å². The first-order valence-electron chi connectivity index (χ1n) is 9.35. The Morgan fingerprint density at radius 2 is 1.63 bits per heavy atom. The number of carboxylic acid groups (broad SMARTS) is 1. The minimum atomic E-state index is -4.49. The van der Waals surface area contributed by atoms with Gasteiger partial charge < -0.3 is 10.4 Å². The van der Waals surface area contributed by atoms with Gasteiger partial charge in [-0.05, 0) is 34.4 Å². The second-order valence-corrected chi connectivity index (χ2v) is 7.12. The molecule has 0 radical (unpaired) electrons. The van der Waals surface area contributed by atoms with Crippen molar-refractivity contribution in [1.82, 2.24) is 5.32 Å². The second-order valence-electron chi connectivity index (χ2n) is 7.12. The summed E-state index contributed by atoms with van der Waals surface area (Å²) in [7, 11) is 0. The number of carbonyl (C=O) groups excluding carboxylic acids is 1. The largest absolute Gasteiger partial charge is 0.481 e. The van der Waals surface area contributed by atoms with Gasteiger partial charge in [-0.3, -0.25) is 9.59 Å². The van der Waals surface area contributed by atoms with Crippen molar-refractivity contribution in [3.8, 4) is 0 Å². The van der Waals surface area contributed by atoms with Gasteiger partial charge in [0.05, 0.1) is 18.4 Å². The zero-order chi connectivity index (χ0) is 21.7. The molecule has 0 heterocycles. The summed E-state index contributed by atoms with van der Waals surface area (Å²) in [6.45, 7) is 0. The average molecular weight is 415 g/mol. The molecule has 0 aliphatic heterocycles. The Morgan fingerprint density at radius 1 is 0.900 bits per heavy atom. The lowest BCUT2D eigenvalue weighted by Crippen LogP contribution is -2.39. The fourth-order valence-corrected chi connectivity index (χ4v) is 3.36. The van der Waals surface area contributed by atoms with Crippen LogP contribution < -0.4 is 5.32 Å². The first-order chi connectivity index (χ1) is 14.2. The van der Waals surface area contributed by atoms with E-state index in [0.29, 0.717) is 6.42 Å². The van der Waals surface area contributed by atoms with E-state index in [-0.39, 0.29) is 18.4 Å². The summed E-state index contributed by atoms with van der Waals surface area (Å²) < 4.78 is 38.5. The van der Waals surface area contributed by atoms with Gasteiger partial charge in [-0.2, -0.15) is 13.2 Å². The molecule has 3 aromatic carbocycles. The molecule has 0 saturated heterocycles. The Labute approximate surface area is 171 Å². The Hall–Kier alpha value is -3.35. The lowest BCUT2D eigenvalue weighted by molar-refractivity contribution is -0.138. The minimum absolute atomic E-state index is 0.210.